The van der Waals surface area contributed by atoms with Crippen LogP contribution in [0.2, 0.25) is 19.6 Å². The first-order chi connectivity index (χ1) is 45.0. The van der Waals surface area contributed by atoms with Gasteiger partial charge in [0.25, 0.3) is 0 Å². The summed E-state index contributed by atoms with van der Waals surface area (Å²) in [6, 6.07) is 84.0. The molecule has 4 heterocycles. The third-order valence-corrected chi connectivity index (χ3v) is 16.9. The average Bonchev–Trinajstić information content (AvgIpc) is 1.76. The van der Waals surface area contributed by atoms with Crippen LogP contribution in [0.3, 0.4) is 0 Å². The number of rotatable bonds is 11. The number of benzene rings is 8. The number of fused-ring (bicyclic) bond motifs is 2. The molecule has 1 aliphatic heterocycles. The van der Waals surface area contributed by atoms with Gasteiger partial charge in [0.2, 0.25) is 0 Å². The van der Waals surface area contributed by atoms with Gasteiger partial charge in [-0.05, 0) is 133 Å². The van der Waals surface area contributed by atoms with Crippen LogP contribution < -0.4 is 15.0 Å². The predicted molar refractivity (Wildman–Crippen MR) is 395 cm³/mol. The Bertz CT molecular complexity index is 4200. The van der Waals surface area contributed by atoms with Crippen LogP contribution in [-0.4, -0.2) is 44.8 Å². The molecule has 12 rings (SSSR count). The van der Waals surface area contributed by atoms with E-state index in [1.807, 2.05) is 91.4 Å². The minimum Gasteiger partial charge on any atom is -0.512 e. The minimum atomic E-state index is -1.48. The first-order valence-electron chi connectivity index (χ1n) is 31.6. The van der Waals surface area contributed by atoms with Crippen LogP contribution in [0.15, 0.2) is 249 Å². The van der Waals surface area contributed by atoms with Crippen LogP contribution in [0.25, 0.3) is 55.7 Å². The largest absolute Gasteiger partial charge is 2.00 e. The normalized spacial score (nSPS) is 11.3. The quantitative estimate of drug-likeness (QED) is 0.0565. The zero-order valence-corrected chi connectivity index (χ0v) is 65.7. The van der Waals surface area contributed by atoms with Crippen LogP contribution >= 0.6 is 0 Å². The minimum absolute atomic E-state index is 0. The number of nitrogens with zero attached hydrogens (tertiary/aromatic N) is 5. The van der Waals surface area contributed by atoms with E-state index in [0.717, 1.165) is 50.7 Å². The summed E-state index contributed by atoms with van der Waals surface area (Å²) < 4.78 is 0. The van der Waals surface area contributed by atoms with Crippen molar-refractivity contribution in [2.24, 2.45) is 0 Å². The maximum Gasteiger partial charge on any atom is 2.00 e. The summed E-state index contributed by atoms with van der Waals surface area (Å²) in [5, 5.41) is 20.7. The van der Waals surface area contributed by atoms with E-state index in [0.29, 0.717) is 11.8 Å². The number of carbonyl (C=O) groups excluding carboxylic acids is 2. The Labute approximate surface area is 618 Å². The van der Waals surface area contributed by atoms with E-state index in [2.05, 4.69) is 247 Å². The molecule has 0 bridgehead atoms. The summed E-state index contributed by atoms with van der Waals surface area (Å²) in [6.07, 6.45) is 8.10. The molecule has 13 heteroatoms. The zero-order valence-electron chi connectivity index (χ0n) is 57.7. The summed E-state index contributed by atoms with van der Waals surface area (Å²) in [5.41, 5.74) is 19.7. The Morgan fingerprint density at radius 2 is 1.08 bits per heavy atom. The molecule has 97 heavy (non-hydrogen) atoms. The first-order valence-corrected chi connectivity index (χ1v) is 35.1. The van der Waals surface area contributed by atoms with Gasteiger partial charge in [-0.25, -0.2) is 0 Å². The second-order valence-electron chi connectivity index (χ2n) is 24.6. The second kappa shape index (κ2) is 39.8. The Morgan fingerprint density at radius 3 is 1.59 bits per heavy atom. The molecular weight excluding hydrogens is 1750 g/mol. The van der Waals surface area contributed by atoms with Crippen molar-refractivity contribution in [2.75, 3.05) is 9.80 Å². The van der Waals surface area contributed by atoms with Crippen molar-refractivity contribution in [2.45, 2.75) is 108 Å². The molecule has 2 N–H and O–H groups in total. The molecule has 1 aliphatic rings. The molecule has 0 amide bonds. The molecule has 11 aromatic rings. The van der Waals surface area contributed by atoms with Gasteiger partial charge in [0.05, 0.1) is 19.6 Å². The molecule has 8 aromatic carbocycles. The fourth-order valence-corrected chi connectivity index (χ4v) is 12.1. The summed E-state index contributed by atoms with van der Waals surface area (Å²) in [7, 11) is -1.48. The van der Waals surface area contributed by atoms with Gasteiger partial charge in [0.15, 0.2) is 11.6 Å². The monoisotopic (exact) mass is 1840 g/mol. The molecule has 0 unspecified atom stereocenters. The number of hydrogen-bond acceptors (Lipinski definition) is 9. The Morgan fingerprint density at radius 1 is 0.536 bits per heavy atom. The van der Waals surface area contributed by atoms with Crippen molar-refractivity contribution in [3.8, 4) is 44.9 Å². The van der Waals surface area contributed by atoms with Gasteiger partial charge in [-0.3, -0.25) is 9.59 Å². The number of aliphatic hydroxyl groups is 2. The van der Waals surface area contributed by atoms with Gasteiger partial charge < -0.3 is 35.0 Å². The van der Waals surface area contributed by atoms with Gasteiger partial charge in [0, 0.05) is 88.0 Å². The second-order valence-corrected chi connectivity index (χ2v) is 29.6. The van der Waals surface area contributed by atoms with Crippen molar-refractivity contribution in [3.63, 3.8) is 0 Å². The fourth-order valence-electron chi connectivity index (χ4n) is 10.5. The van der Waals surface area contributed by atoms with E-state index in [4.69, 9.17) is 20.2 Å². The molecule has 9 nitrogen and oxygen atoms in total. The number of hydrogen-bond donors (Lipinski definition) is 2. The molecule has 0 aliphatic carbocycles. The van der Waals surface area contributed by atoms with Gasteiger partial charge in [0.1, 0.15) is 0 Å². The third kappa shape index (κ3) is 24.3. The number of aryl methyl sites for hydroxylation is 3. The number of allylic oxidation sites excluding steroid dienone is 4. The number of aliphatic hydroxyl groups excluding tert-OH is 2. The van der Waals surface area contributed by atoms with E-state index >= 15 is 0 Å². The molecule has 506 valence electrons. The average molecular weight is 1840 g/mol. The Kier molecular flexibility index (Phi) is 33.3. The van der Waals surface area contributed by atoms with Gasteiger partial charge in [-0.1, -0.05) is 157 Å². The van der Waals surface area contributed by atoms with Crippen LogP contribution in [0.5, 0.6) is 0 Å². The molecule has 0 fully saturated rings. The standard InChI is InChI=1S/C23H26N.C20H20NSi.C19H14N2.C12H10N.2C5H8O2.2Ir.Pt/c1-14(2)18-12-21(15(3)4)20-7-8-24-23(22(20)13-18)19-10-16(5)9-17(6)11-19;1-22(2,3)20-14-19(17-12-8-5-9-13-17)21-15-18(20)16-10-6-4-7-11-16;1-3-9-16(10-4-1)20-15-21(17-11-5-2-6-12-17)19-14-8-7-13-18(19)20;1-10-6-5-9-13-12(10)11-7-3-2-4-8-11;2*1-4(6)3-5(2)7;;;/h7-10,12-15H,1-6H3;4-12,14-15H,1-3H3;1-11,13-15H;2-7,9H,1H3;2*3,6H,1-2H3;;;/q2*-1;-2;-1;;;;;+2. The predicted octanol–water partition coefficient (Wildman–Crippen LogP) is 21.1. The van der Waals surface area contributed by atoms with Crippen molar-refractivity contribution < 1.29 is 81.1 Å². The van der Waals surface area contributed by atoms with Gasteiger partial charge in [-0.2, -0.15) is 30.3 Å². The summed E-state index contributed by atoms with van der Waals surface area (Å²) >= 11 is 0. The number of carbonyl (C=O) groups is 2. The molecule has 2 radical (unpaired) electrons. The fraction of sp³-hybridized carbons (Fsp3) is 0.190. The molecule has 0 saturated heterocycles. The first kappa shape index (κ1) is 81.1. The van der Waals surface area contributed by atoms with Crippen molar-refractivity contribution in [1.29, 1.82) is 0 Å². The van der Waals surface area contributed by atoms with E-state index in [9.17, 15) is 9.59 Å². The third-order valence-electron chi connectivity index (χ3n) is 14.8. The zero-order chi connectivity index (χ0) is 67.9. The number of pyridine rings is 3. The topological polar surface area (TPSA) is 120 Å². The molecule has 0 atom stereocenters. The number of ketones is 2. The van der Waals surface area contributed by atoms with E-state index in [1.165, 1.54) is 101 Å². The maximum atomic E-state index is 10.0. The van der Waals surface area contributed by atoms with Gasteiger partial charge >= 0.3 is 21.1 Å². The van der Waals surface area contributed by atoms with Crippen LogP contribution in [0.1, 0.15) is 95.0 Å². The van der Waals surface area contributed by atoms with Crippen LogP contribution in [-0.2, 0) is 70.9 Å². The van der Waals surface area contributed by atoms with E-state index < -0.39 is 8.07 Å². The number of aromatic nitrogens is 3. The summed E-state index contributed by atoms with van der Waals surface area (Å²) in [5.74, 6) is 0.868. The molecule has 3 aromatic heterocycles. The Hall–Kier alpha value is -8.31. The van der Waals surface area contributed by atoms with E-state index in [-0.39, 0.29) is 84.4 Å². The summed E-state index contributed by atoms with van der Waals surface area (Å²) in [4.78, 5) is 38.1. The van der Waals surface area contributed by atoms with Gasteiger partial charge in [-0.15, -0.1) is 119 Å². The van der Waals surface area contributed by atoms with E-state index in [1.54, 1.807) is 0 Å². The van der Waals surface area contributed by atoms with Crippen LogP contribution in [0.4, 0.5) is 22.7 Å². The van der Waals surface area contributed by atoms with Crippen molar-refractivity contribution in [1.82, 2.24) is 15.0 Å². The number of anilines is 4. The molecule has 0 saturated carbocycles. The molecular formula is C84H86Ir2N5O4PtSi-3. The number of para-hydroxylation sites is 4. The Balaban J connectivity index is 0.000000258. The maximum absolute atomic E-state index is 10.0. The summed E-state index contributed by atoms with van der Waals surface area (Å²) in [6.45, 7) is 30.3. The van der Waals surface area contributed by atoms with Crippen molar-refractivity contribution >= 4 is 58.3 Å². The molecule has 0 spiro atoms. The van der Waals surface area contributed by atoms with Crippen LogP contribution in [0, 0.1) is 51.7 Å². The van der Waals surface area contributed by atoms with Crippen molar-refractivity contribution in [3.05, 3.63) is 307 Å². The SMILES string of the molecule is CC(=O)C=C(C)O.CC(=O)C=C(C)O.C[Si](C)(C)c1cc(-c2[c-]cccc2)ncc1-c1ccccc1.Cc1[c-]c(-c2nccc3c(C(C)C)cc(C(C)C)cc23)cc(C)c1.Cc1cccnc1-c1[c-]cccc1.[Ir].[Ir].[Pt+2].[c-]1ccccc1N1[CH-]N(c2ccccc2)c2ccccc21. The smallest absolute Gasteiger partial charge is 0.512 e.